The Bertz CT molecular complexity index is 395. The predicted molar refractivity (Wildman–Crippen MR) is 62.1 cm³/mol. The summed E-state index contributed by atoms with van der Waals surface area (Å²) in [5.74, 6) is -0.469. The van der Waals surface area contributed by atoms with Crippen molar-refractivity contribution in [1.29, 1.82) is 0 Å². The van der Waals surface area contributed by atoms with Crippen LogP contribution in [0.5, 0.6) is 0 Å². The highest BCUT2D eigenvalue weighted by molar-refractivity contribution is 6.42. The van der Waals surface area contributed by atoms with Gasteiger partial charge in [0.15, 0.2) is 0 Å². The Labute approximate surface area is 98.5 Å². The molecule has 1 atom stereocenters. The second-order valence-electron chi connectivity index (χ2n) is 3.37. The summed E-state index contributed by atoms with van der Waals surface area (Å²) < 4.78 is 0. The number of carbonyl (C=O) groups is 1. The number of halogens is 2. The number of hydrogen-bond donors (Lipinski definition) is 2. The van der Waals surface area contributed by atoms with Crippen LogP contribution in [0.25, 0.3) is 0 Å². The van der Waals surface area contributed by atoms with E-state index < -0.39 is 11.4 Å². The van der Waals surface area contributed by atoms with Crippen LogP contribution in [0.2, 0.25) is 10.0 Å². The van der Waals surface area contributed by atoms with E-state index in [1.807, 2.05) is 0 Å². The number of carbonyl (C=O) groups excluding carboxylic acids is 1. The number of benzene rings is 1. The minimum absolute atomic E-state index is 0.400. The van der Waals surface area contributed by atoms with Gasteiger partial charge in [-0.15, -0.1) is 0 Å². The first kappa shape index (κ1) is 12.3. The van der Waals surface area contributed by atoms with Crippen LogP contribution in [0, 0.1) is 0 Å². The molecule has 0 aliphatic carbocycles. The number of hydrogen-bond acceptors (Lipinski definition) is 2. The fourth-order valence-electron chi connectivity index (χ4n) is 1.22. The van der Waals surface area contributed by atoms with Gasteiger partial charge in [-0.3, -0.25) is 4.79 Å². The first-order chi connectivity index (χ1) is 6.91. The second kappa shape index (κ2) is 4.39. The van der Waals surface area contributed by atoms with Crippen LogP contribution in [0.1, 0.15) is 12.5 Å². The number of amides is 1. The van der Waals surface area contributed by atoms with Crippen LogP contribution < -0.4 is 11.1 Å². The summed E-state index contributed by atoms with van der Waals surface area (Å²) in [5, 5.41) is 3.71. The summed E-state index contributed by atoms with van der Waals surface area (Å²) in [5.41, 5.74) is 5.07. The van der Waals surface area contributed by atoms with Crippen molar-refractivity contribution in [3.63, 3.8) is 0 Å². The van der Waals surface area contributed by atoms with Crippen molar-refractivity contribution in [2.24, 2.45) is 5.73 Å². The zero-order valence-corrected chi connectivity index (χ0v) is 9.99. The van der Waals surface area contributed by atoms with Gasteiger partial charge in [-0.1, -0.05) is 29.3 Å². The smallest absolute Gasteiger partial charge is 0.242 e. The van der Waals surface area contributed by atoms with Crippen LogP contribution in [0.15, 0.2) is 18.2 Å². The maximum absolute atomic E-state index is 11.3. The van der Waals surface area contributed by atoms with Crippen molar-refractivity contribution in [2.45, 2.75) is 12.5 Å². The van der Waals surface area contributed by atoms with Gasteiger partial charge in [-0.05, 0) is 31.7 Å². The third-order valence-corrected chi connectivity index (χ3v) is 3.23. The Morgan fingerprint density at radius 3 is 2.40 bits per heavy atom. The van der Waals surface area contributed by atoms with E-state index in [9.17, 15) is 4.79 Å². The largest absolute Gasteiger partial charge is 0.368 e. The molecule has 0 saturated heterocycles. The number of likely N-dealkylation sites (N-methyl/N-ethyl adjacent to an activating group) is 1. The Morgan fingerprint density at radius 2 is 2.00 bits per heavy atom. The van der Waals surface area contributed by atoms with Crippen molar-refractivity contribution in [3.8, 4) is 0 Å². The zero-order chi connectivity index (χ0) is 11.6. The van der Waals surface area contributed by atoms with E-state index in [2.05, 4.69) is 5.32 Å². The van der Waals surface area contributed by atoms with Gasteiger partial charge in [-0.2, -0.15) is 0 Å². The molecule has 5 heteroatoms. The molecule has 0 aromatic heterocycles. The molecule has 0 radical (unpaired) electrons. The summed E-state index contributed by atoms with van der Waals surface area (Å²) in [7, 11) is 1.66. The summed E-state index contributed by atoms with van der Waals surface area (Å²) in [4.78, 5) is 11.3. The standard InChI is InChI=1S/C10H12Cl2N2O/c1-10(14-2,9(13)15)6-3-4-7(11)8(12)5-6/h3-5,14H,1-2H3,(H2,13,15). The van der Waals surface area contributed by atoms with Crippen LogP contribution in [-0.2, 0) is 10.3 Å². The van der Waals surface area contributed by atoms with Crippen molar-refractivity contribution < 1.29 is 4.79 Å². The Balaban J connectivity index is 3.25. The first-order valence-corrected chi connectivity index (χ1v) is 5.11. The predicted octanol–water partition coefficient (Wildman–Crippen LogP) is 1.91. The number of primary amides is 1. The van der Waals surface area contributed by atoms with Crippen LogP contribution in [-0.4, -0.2) is 13.0 Å². The van der Waals surface area contributed by atoms with E-state index in [4.69, 9.17) is 28.9 Å². The minimum atomic E-state index is -0.936. The summed E-state index contributed by atoms with van der Waals surface area (Å²) >= 11 is 11.7. The summed E-state index contributed by atoms with van der Waals surface area (Å²) in [6.07, 6.45) is 0. The number of rotatable bonds is 3. The highest BCUT2D eigenvalue weighted by Crippen LogP contribution is 2.28. The van der Waals surface area contributed by atoms with Gasteiger partial charge in [0.2, 0.25) is 5.91 Å². The molecule has 15 heavy (non-hydrogen) atoms. The molecule has 3 N–H and O–H groups in total. The average Bonchev–Trinajstić information content (AvgIpc) is 2.20. The molecule has 0 aliphatic rings. The minimum Gasteiger partial charge on any atom is -0.368 e. The molecule has 0 fully saturated rings. The topological polar surface area (TPSA) is 55.1 Å². The lowest BCUT2D eigenvalue weighted by atomic mass is 9.91. The lowest BCUT2D eigenvalue weighted by Gasteiger charge is -2.26. The van der Waals surface area contributed by atoms with Gasteiger partial charge >= 0.3 is 0 Å². The van der Waals surface area contributed by atoms with Crippen LogP contribution >= 0.6 is 23.2 Å². The molecule has 1 amide bonds. The third kappa shape index (κ3) is 2.25. The van der Waals surface area contributed by atoms with E-state index in [0.29, 0.717) is 15.6 Å². The maximum atomic E-state index is 11.3. The van der Waals surface area contributed by atoms with Gasteiger partial charge in [0, 0.05) is 0 Å². The molecule has 0 spiro atoms. The molecule has 0 bridgehead atoms. The van der Waals surface area contributed by atoms with Crippen molar-refractivity contribution in [2.75, 3.05) is 7.05 Å². The molecular formula is C10H12Cl2N2O. The van der Waals surface area contributed by atoms with Crippen LogP contribution in [0.4, 0.5) is 0 Å². The average molecular weight is 247 g/mol. The molecule has 1 aromatic carbocycles. The van der Waals surface area contributed by atoms with E-state index in [-0.39, 0.29) is 0 Å². The fraction of sp³-hybridized carbons (Fsp3) is 0.300. The van der Waals surface area contributed by atoms with E-state index in [1.165, 1.54) is 0 Å². The maximum Gasteiger partial charge on any atom is 0.242 e. The highest BCUT2D eigenvalue weighted by Gasteiger charge is 2.31. The highest BCUT2D eigenvalue weighted by atomic mass is 35.5. The van der Waals surface area contributed by atoms with Crippen molar-refractivity contribution in [3.05, 3.63) is 33.8 Å². The molecule has 0 saturated carbocycles. The van der Waals surface area contributed by atoms with Crippen molar-refractivity contribution >= 4 is 29.1 Å². The van der Waals surface area contributed by atoms with Gasteiger partial charge in [-0.25, -0.2) is 0 Å². The first-order valence-electron chi connectivity index (χ1n) is 4.36. The third-order valence-electron chi connectivity index (χ3n) is 2.49. The summed E-state index contributed by atoms with van der Waals surface area (Å²) in [6.45, 7) is 1.69. The fourth-order valence-corrected chi connectivity index (χ4v) is 1.52. The van der Waals surface area contributed by atoms with Crippen LogP contribution in [0.3, 0.4) is 0 Å². The van der Waals surface area contributed by atoms with E-state index >= 15 is 0 Å². The monoisotopic (exact) mass is 246 g/mol. The Morgan fingerprint density at radius 1 is 1.40 bits per heavy atom. The molecule has 82 valence electrons. The second-order valence-corrected chi connectivity index (χ2v) is 4.18. The van der Waals surface area contributed by atoms with Gasteiger partial charge in [0.25, 0.3) is 0 Å². The SMILES string of the molecule is CNC(C)(C(N)=O)c1ccc(Cl)c(Cl)c1. The molecule has 0 aliphatic heterocycles. The quantitative estimate of drug-likeness (QED) is 0.857. The molecular weight excluding hydrogens is 235 g/mol. The lowest BCUT2D eigenvalue weighted by Crippen LogP contribution is -2.48. The normalized spacial score (nSPS) is 14.7. The van der Waals surface area contributed by atoms with E-state index in [0.717, 1.165) is 0 Å². The van der Waals surface area contributed by atoms with E-state index in [1.54, 1.807) is 32.2 Å². The molecule has 1 rings (SSSR count). The van der Waals surface area contributed by atoms with Gasteiger partial charge in [0.1, 0.15) is 5.54 Å². The zero-order valence-electron chi connectivity index (χ0n) is 8.47. The number of nitrogens with one attached hydrogen (secondary N) is 1. The molecule has 0 heterocycles. The number of nitrogens with two attached hydrogens (primary N) is 1. The molecule has 1 unspecified atom stereocenters. The van der Waals surface area contributed by atoms with Gasteiger partial charge < -0.3 is 11.1 Å². The summed E-state index contributed by atoms with van der Waals surface area (Å²) in [6, 6.07) is 4.98. The lowest BCUT2D eigenvalue weighted by molar-refractivity contribution is -0.123. The van der Waals surface area contributed by atoms with Gasteiger partial charge in [0.05, 0.1) is 10.0 Å². The Kier molecular flexibility index (Phi) is 3.60. The Hall–Kier alpha value is -0.770. The molecule has 1 aromatic rings. The molecule has 3 nitrogen and oxygen atoms in total. The van der Waals surface area contributed by atoms with Crippen molar-refractivity contribution in [1.82, 2.24) is 5.32 Å².